The number of carbonyl (C=O) groups excluding carboxylic acids is 3. The van der Waals surface area contributed by atoms with Gasteiger partial charge in [-0.25, -0.2) is 4.79 Å². The number of esters is 1. The first kappa shape index (κ1) is 22.9. The Kier molecular flexibility index (Phi) is 6.54. The number of amides is 2. The van der Waals surface area contributed by atoms with Gasteiger partial charge in [0.05, 0.1) is 24.1 Å². The summed E-state index contributed by atoms with van der Waals surface area (Å²) >= 11 is 0. The average molecular weight is 456 g/mol. The molecule has 7 nitrogen and oxygen atoms in total. The van der Waals surface area contributed by atoms with Crippen molar-refractivity contribution in [3.05, 3.63) is 95.1 Å². The number of aliphatic imine (C=N–C) groups is 1. The number of carbonyl (C=O) groups is 3. The van der Waals surface area contributed by atoms with Gasteiger partial charge < -0.3 is 15.0 Å². The van der Waals surface area contributed by atoms with Crippen LogP contribution < -0.4 is 5.32 Å². The highest BCUT2D eigenvalue weighted by atomic mass is 16.5. The molecule has 0 spiro atoms. The van der Waals surface area contributed by atoms with E-state index in [1.807, 2.05) is 43.3 Å². The van der Waals surface area contributed by atoms with Crippen LogP contribution in [-0.2, 0) is 9.53 Å². The minimum absolute atomic E-state index is 0.106. The van der Waals surface area contributed by atoms with Crippen LogP contribution in [0.4, 0.5) is 11.4 Å². The molecule has 34 heavy (non-hydrogen) atoms. The lowest BCUT2D eigenvalue weighted by Crippen LogP contribution is -2.26. The smallest absolute Gasteiger partial charge is 0.337 e. The maximum Gasteiger partial charge on any atom is 0.337 e. The van der Waals surface area contributed by atoms with Gasteiger partial charge in [0, 0.05) is 24.8 Å². The fourth-order valence-electron chi connectivity index (χ4n) is 3.86. The van der Waals surface area contributed by atoms with E-state index >= 15 is 0 Å². The van der Waals surface area contributed by atoms with Crippen molar-refractivity contribution in [2.45, 2.75) is 12.8 Å². The lowest BCUT2D eigenvalue weighted by molar-refractivity contribution is -0.115. The molecule has 2 amide bonds. The molecule has 0 aromatic heterocycles. The average Bonchev–Trinajstić information content (AvgIpc) is 3.21. The molecule has 0 fully saturated rings. The zero-order chi connectivity index (χ0) is 24.2. The molecule has 0 bridgehead atoms. The second-order valence-electron chi connectivity index (χ2n) is 7.95. The summed E-state index contributed by atoms with van der Waals surface area (Å²) in [6.07, 6.45) is 0. The number of nitrogens with one attached hydrogen (secondary N) is 1. The van der Waals surface area contributed by atoms with E-state index in [1.54, 1.807) is 48.3 Å². The van der Waals surface area contributed by atoms with Crippen LogP contribution in [0.25, 0.3) is 0 Å². The van der Waals surface area contributed by atoms with Crippen molar-refractivity contribution in [3.63, 3.8) is 0 Å². The van der Waals surface area contributed by atoms with Gasteiger partial charge in [0.2, 0.25) is 5.91 Å². The first-order valence-corrected chi connectivity index (χ1v) is 11.0. The number of rotatable bonds is 6. The Balaban J connectivity index is 1.77. The van der Waals surface area contributed by atoms with Crippen molar-refractivity contribution < 1.29 is 19.1 Å². The lowest BCUT2D eigenvalue weighted by Gasteiger charge is -2.16. The highest BCUT2D eigenvalue weighted by Crippen LogP contribution is 2.37. The minimum atomic E-state index is -0.647. The van der Waals surface area contributed by atoms with E-state index in [2.05, 4.69) is 5.32 Å². The molecule has 1 atom stereocenters. The molecule has 4 rings (SSSR count). The van der Waals surface area contributed by atoms with Crippen LogP contribution in [-0.4, -0.2) is 49.1 Å². The predicted octanol–water partition coefficient (Wildman–Crippen LogP) is 4.42. The molecule has 0 radical (unpaired) electrons. The van der Waals surface area contributed by atoms with Crippen LogP contribution >= 0.6 is 0 Å². The normalized spacial score (nSPS) is 14.9. The highest BCUT2D eigenvalue weighted by molar-refractivity contribution is 6.24. The molecule has 3 aromatic carbocycles. The summed E-state index contributed by atoms with van der Waals surface area (Å²) < 4.78 is 4.75. The van der Waals surface area contributed by atoms with Crippen molar-refractivity contribution in [3.8, 4) is 0 Å². The summed E-state index contributed by atoms with van der Waals surface area (Å²) in [5.74, 6) is -1.39. The zero-order valence-electron chi connectivity index (χ0n) is 19.2. The molecule has 7 heteroatoms. The Bertz CT molecular complexity index is 1270. The van der Waals surface area contributed by atoms with Gasteiger partial charge >= 0.3 is 5.97 Å². The van der Waals surface area contributed by atoms with Crippen LogP contribution in [0.15, 0.2) is 77.8 Å². The van der Waals surface area contributed by atoms with E-state index in [0.717, 1.165) is 11.1 Å². The number of hydrogen-bond donors (Lipinski definition) is 1. The molecule has 1 aliphatic heterocycles. The Hall–Kier alpha value is -4.26. The molecule has 0 saturated heterocycles. The Morgan fingerprint density at radius 1 is 0.971 bits per heavy atom. The van der Waals surface area contributed by atoms with Crippen LogP contribution in [0.1, 0.15) is 44.7 Å². The minimum Gasteiger partial charge on any atom is -0.465 e. The molecule has 1 aliphatic rings. The van der Waals surface area contributed by atoms with Crippen molar-refractivity contribution in [2.75, 3.05) is 26.0 Å². The van der Waals surface area contributed by atoms with Gasteiger partial charge in [-0.1, -0.05) is 36.4 Å². The second-order valence-corrected chi connectivity index (χ2v) is 7.95. The monoisotopic (exact) mass is 455 g/mol. The van der Waals surface area contributed by atoms with E-state index in [-0.39, 0.29) is 11.8 Å². The number of benzene rings is 3. The summed E-state index contributed by atoms with van der Waals surface area (Å²) in [4.78, 5) is 43.9. The van der Waals surface area contributed by atoms with E-state index < -0.39 is 11.9 Å². The SMILES string of the molecule is CCN(C)C(=O)c1ccc2c(c1)NC(=O)C2C(=Nc1ccc(C(=O)OC)cc1)c1ccccc1. The van der Waals surface area contributed by atoms with Crippen LogP contribution in [0.2, 0.25) is 0 Å². The fourth-order valence-corrected chi connectivity index (χ4v) is 3.86. The van der Waals surface area contributed by atoms with Gasteiger partial charge in [-0.15, -0.1) is 0 Å². The van der Waals surface area contributed by atoms with Crippen molar-refractivity contribution in [1.29, 1.82) is 0 Å². The Morgan fingerprint density at radius 3 is 2.29 bits per heavy atom. The highest BCUT2D eigenvalue weighted by Gasteiger charge is 2.36. The molecular weight excluding hydrogens is 430 g/mol. The maximum absolute atomic E-state index is 13.1. The van der Waals surface area contributed by atoms with Crippen LogP contribution in [0, 0.1) is 0 Å². The number of anilines is 1. The molecule has 1 unspecified atom stereocenters. The first-order chi connectivity index (χ1) is 16.4. The first-order valence-electron chi connectivity index (χ1n) is 11.0. The number of ether oxygens (including phenoxy) is 1. The summed E-state index contributed by atoms with van der Waals surface area (Å²) in [6, 6.07) is 21.5. The molecule has 1 N–H and O–H groups in total. The number of fused-ring (bicyclic) bond motifs is 1. The van der Waals surface area contributed by atoms with Crippen molar-refractivity contribution >= 4 is 34.9 Å². The van der Waals surface area contributed by atoms with Gasteiger partial charge in [0.1, 0.15) is 5.92 Å². The zero-order valence-corrected chi connectivity index (χ0v) is 19.2. The molecule has 0 saturated carbocycles. The molecule has 172 valence electrons. The van der Waals surface area contributed by atoms with Crippen LogP contribution in [0.3, 0.4) is 0 Å². The summed E-state index contributed by atoms with van der Waals surface area (Å²) in [5.41, 5.74) is 4.28. The number of hydrogen-bond acceptors (Lipinski definition) is 5. The largest absolute Gasteiger partial charge is 0.465 e. The maximum atomic E-state index is 13.1. The van der Waals surface area contributed by atoms with Gasteiger partial charge in [0.25, 0.3) is 5.91 Å². The summed E-state index contributed by atoms with van der Waals surface area (Å²) in [6.45, 7) is 2.49. The second kappa shape index (κ2) is 9.70. The Labute approximate surface area is 198 Å². The van der Waals surface area contributed by atoms with E-state index in [0.29, 0.717) is 34.8 Å². The number of methoxy groups -OCH3 is 1. The van der Waals surface area contributed by atoms with Gasteiger partial charge in [0.15, 0.2) is 0 Å². The number of nitrogens with zero attached hydrogens (tertiary/aromatic N) is 2. The van der Waals surface area contributed by atoms with Crippen LogP contribution in [0.5, 0.6) is 0 Å². The van der Waals surface area contributed by atoms with Gasteiger partial charge in [-0.3, -0.25) is 14.6 Å². The molecule has 0 aliphatic carbocycles. The Morgan fingerprint density at radius 2 is 1.65 bits per heavy atom. The predicted molar refractivity (Wildman–Crippen MR) is 131 cm³/mol. The molecule has 1 heterocycles. The van der Waals surface area contributed by atoms with Gasteiger partial charge in [-0.05, 0) is 54.4 Å². The lowest BCUT2D eigenvalue weighted by atomic mass is 9.90. The molecular formula is C27H25N3O4. The van der Waals surface area contributed by atoms with Gasteiger partial charge in [-0.2, -0.15) is 0 Å². The van der Waals surface area contributed by atoms with E-state index in [9.17, 15) is 14.4 Å². The topological polar surface area (TPSA) is 88.1 Å². The molecule has 3 aromatic rings. The van der Waals surface area contributed by atoms with Crippen molar-refractivity contribution in [2.24, 2.45) is 4.99 Å². The summed E-state index contributed by atoms with van der Waals surface area (Å²) in [5, 5.41) is 2.92. The van der Waals surface area contributed by atoms with E-state index in [4.69, 9.17) is 9.73 Å². The third-order valence-corrected chi connectivity index (χ3v) is 5.83. The van der Waals surface area contributed by atoms with E-state index in [1.165, 1.54) is 7.11 Å². The standard InChI is InChI=1S/C27H25N3O4/c1-4-30(2)26(32)19-12-15-21-22(16-19)29-25(31)23(21)24(17-8-6-5-7-9-17)28-20-13-10-18(11-14-20)27(33)34-3/h5-16,23H,4H2,1-3H3,(H,29,31). The third-order valence-electron chi connectivity index (χ3n) is 5.83. The van der Waals surface area contributed by atoms with Crippen molar-refractivity contribution in [1.82, 2.24) is 4.90 Å². The fraction of sp³-hybridized carbons (Fsp3) is 0.185. The third kappa shape index (κ3) is 4.45. The quantitative estimate of drug-likeness (QED) is 0.440. The summed E-state index contributed by atoms with van der Waals surface area (Å²) in [7, 11) is 3.07.